The zero-order valence-corrected chi connectivity index (χ0v) is 14.5. The van der Waals surface area contributed by atoms with Crippen LogP contribution in [0.1, 0.15) is 12.8 Å². The van der Waals surface area contributed by atoms with Gasteiger partial charge in [0.25, 0.3) is 5.89 Å². The summed E-state index contributed by atoms with van der Waals surface area (Å²) >= 11 is 0. The van der Waals surface area contributed by atoms with Gasteiger partial charge in [0.1, 0.15) is 11.6 Å². The molecule has 1 saturated heterocycles. The highest BCUT2D eigenvalue weighted by atomic mass is 16.5. The van der Waals surface area contributed by atoms with Crippen LogP contribution in [-0.4, -0.2) is 41.5 Å². The minimum atomic E-state index is 0.277. The van der Waals surface area contributed by atoms with Crippen molar-refractivity contribution in [2.45, 2.75) is 18.9 Å². The molecule has 2 aromatic heterocycles. The number of anilines is 1. The van der Waals surface area contributed by atoms with Crippen LogP contribution in [0.25, 0.3) is 22.8 Å². The molecule has 1 aliphatic rings. The van der Waals surface area contributed by atoms with Crippen molar-refractivity contribution in [2.75, 3.05) is 25.6 Å². The first kappa shape index (κ1) is 16.5. The van der Waals surface area contributed by atoms with Crippen molar-refractivity contribution in [1.82, 2.24) is 15.1 Å². The summed E-state index contributed by atoms with van der Waals surface area (Å²) in [5, 5.41) is 7.34. The summed E-state index contributed by atoms with van der Waals surface area (Å²) in [7, 11) is 1.63. The van der Waals surface area contributed by atoms with E-state index in [9.17, 15) is 0 Å². The molecule has 0 aliphatic carbocycles. The summed E-state index contributed by atoms with van der Waals surface area (Å²) in [6.45, 7) is 1.63. The van der Waals surface area contributed by atoms with E-state index in [4.69, 9.17) is 14.0 Å². The van der Waals surface area contributed by atoms with Gasteiger partial charge in [-0.3, -0.25) is 0 Å². The number of benzene rings is 1. The van der Waals surface area contributed by atoms with E-state index in [0.717, 1.165) is 48.7 Å². The van der Waals surface area contributed by atoms with E-state index < -0.39 is 0 Å². The minimum Gasteiger partial charge on any atom is -0.497 e. The molecule has 3 heterocycles. The Morgan fingerprint density at radius 3 is 2.69 bits per heavy atom. The van der Waals surface area contributed by atoms with Gasteiger partial charge in [-0.25, -0.2) is 4.98 Å². The molecule has 134 valence electrons. The zero-order chi connectivity index (χ0) is 17.8. The topological polar surface area (TPSA) is 82.3 Å². The average molecular weight is 352 g/mol. The predicted octanol–water partition coefficient (Wildman–Crippen LogP) is 3.40. The van der Waals surface area contributed by atoms with Gasteiger partial charge < -0.3 is 19.3 Å². The number of nitrogens with one attached hydrogen (secondary N) is 1. The van der Waals surface area contributed by atoms with Crippen molar-refractivity contribution >= 4 is 5.82 Å². The van der Waals surface area contributed by atoms with E-state index in [1.807, 2.05) is 36.4 Å². The monoisotopic (exact) mass is 352 g/mol. The number of pyridine rings is 1. The van der Waals surface area contributed by atoms with Crippen molar-refractivity contribution in [3.8, 4) is 28.6 Å². The lowest BCUT2D eigenvalue weighted by atomic mass is 10.2. The van der Waals surface area contributed by atoms with Gasteiger partial charge in [-0.1, -0.05) is 5.16 Å². The van der Waals surface area contributed by atoms with Crippen LogP contribution in [0.5, 0.6) is 5.75 Å². The quantitative estimate of drug-likeness (QED) is 0.728. The number of rotatable bonds is 6. The van der Waals surface area contributed by atoms with E-state index in [0.29, 0.717) is 11.7 Å². The maximum atomic E-state index is 5.60. The number of methoxy groups -OCH3 is 1. The lowest BCUT2D eigenvalue weighted by Gasteiger charge is -2.11. The molecule has 26 heavy (non-hydrogen) atoms. The Morgan fingerprint density at radius 1 is 1.15 bits per heavy atom. The van der Waals surface area contributed by atoms with Gasteiger partial charge in [-0.15, -0.1) is 0 Å². The molecule has 7 nitrogen and oxygen atoms in total. The summed E-state index contributed by atoms with van der Waals surface area (Å²) in [6, 6.07) is 11.3. The molecule has 1 fully saturated rings. The standard InChI is InChI=1S/C19H20N4O3/c1-24-15-7-4-13(5-8-15)18-22-19(26-23-18)14-6-9-17(20-11-14)21-12-16-3-2-10-25-16/h4-9,11,16H,2-3,10,12H2,1H3,(H,20,21)/t16-/m1/s1. The van der Waals surface area contributed by atoms with E-state index in [1.165, 1.54) is 0 Å². The fraction of sp³-hybridized carbons (Fsp3) is 0.316. The van der Waals surface area contributed by atoms with E-state index in [2.05, 4.69) is 20.4 Å². The molecule has 4 rings (SSSR count). The smallest absolute Gasteiger partial charge is 0.259 e. The second-order valence-corrected chi connectivity index (χ2v) is 6.10. The zero-order valence-electron chi connectivity index (χ0n) is 14.5. The largest absolute Gasteiger partial charge is 0.497 e. The second-order valence-electron chi connectivity index (χ2n) is 6.10. The highest BCUT2D eigenvalue weighted by Crippen LogP contribution is 2.24. The fourth-order valence-corrected chi connectivity index (χ4v) is 2.85. The van der Waals surface area contributed by atoms with Crippen molar-refractivity contribution in [3.05, 3.63) is 42.6 Å². The molecule has 0 unspecified atom stereocenters. The highest BCUT2D eigenvalue weighted by Gasteiger charge is 2.15. The number of hydrogen-bond donors (Lipinski definition) is 1. The molecule has 0 saturated carbocycles. The third-order valence-corrected chi connectivity index (χ3v) is 4.32. The Morgan fingerprint density at radius 2 is 2.00 bits per heavy atom. The predicted molar refractivity (Wildman–Crippen MR) is 97.0 cm³/mol. The summed E-state index contributed by atoms with van der Waals surface area (Å²) in [5.41, 5.74) is 1.64. The molecular formula is C19H20N4O3. The normalized spacial score (nSPS) is 16.6. The van der Waals surface area contributed by atoms with Crippen LogP contribution in [0.3, 0.4) is 0 Å². The van der Waals surface area contributed by atoms with E-state index in [1.54, 1.807) is 13.3 Å². The van der Waals surface area contributed by atoms with Crippen LogP contribution in [0.15, 0.2) is 47.1 Å². The average Bonchev–Trinajstić information content (AvgIpc) is 3.39. The van der Waals surface area contributed by atoms with E-state index in [-0.39, 0.29) is 6.10 Å². The summed E-state index contributed by atoms with van der Waals surface area (Å²) in [6.07, 6.45) is 4.23. The van der Waals surface area contributed by atoms with Gasteiger partial charge >= 0.3 is 0 Å². The molecule has 1 aliphatic heterocycles. The Labute approximate surface area is 151 Å². The Hall–Kier alpha value is -2.93. The SMILES string of the molecule is COc1ccc(-c2noc(-c3ccc(NC[C@H]4CCCO4)nc3)n2)cc1. The maximum absolute atomic E-state index is 5.60. The second kappa shape index (κ2) is 7.53. The lowest BCUT2D eigenvalue weighted by Crippen LogP contribution is -2.18. The molecule has 0 amide bonds. The van der Waals surface area contributed by atoms with Crippen LogP contribution in [0.2, 0.25) is 0 Å². The lowest BCUT2D eigenvalue weighted by molar-refractivity contribution is 0.120. The molecule has 0 bridgehead atoms. The van der Waals surface area contributed by atoms with Crippen molar-refractivity contribution in [2.24, 2.45) is 0 Å². The number of ether oxygens (including phenoxy) is 2. The number of nitrogens with zero attached hydrogens (tertiary/aromatic N) is 3. The molecule has 7 heteroatoms. The molecule has 1 atom stereocenters. The van der Waals surface area contributed by atoms with Crippen LogP contribution >= 0.6 is 0 Å². The molecule has 1 N–H and O–H groups in total. The molecule has 1 aromatic carbocycles. The van der Waals surface area contributed by atoms with Crippen molar-refractivity contribution in [1.29, 1.82) is 0 Å². The third kappa shape index (κ3) is 3.67. The summed E-state index contributed by atoms with van der Waals surface area (Å²) in [4.78, 5) is 8.86. The van der Waals surface area contributed by atoms with Gasteiger partial charge in [0, 0.05) is 24.9 Å². The Balaban J connectivity index is 1.43. The molecule has 3 aromatic rings. The van der Waals surface area contributed by atoms with Gasteiger partial charge in [0.15, 0.2) is 0 Å². The summed E-state index contributed by atoms with van der Waals surface area (Å²) < 4.78 is 16.1. The fourth-order valence-electron chi connectivity index (χ4n) is 2.85. The van der Waals surface area contributed by atoms with E-state index >= 15 is 0 Å². The number of hydrogen-bond acceptors (Lipinski definition) is 7. The highest BCUT2D eigenvalue weighted by molar-refractivity contribution is 5.60. The first-order valence-corrected chi connectivity index (χ1v) is 8.62. The maximum Gasteiger partial charge on any atom is 0.259 e. The van der Waals surface area contributed by atoms with Crippen molar-refractivity contribution in [3.63, 3.8) is 0 Å². The van der Waals surface area contributed by atoms with Crippen LogP contribution in [0, 0.1) is 0 Å². The van der Waals surface area contributed by atoms with Crippen LogP contribution < -0.4 is 10.1 Å². The Bertz CT molecular complexity index is 840. The van der Waals surface area contributed by atoms with Gasteiger partial charge in [-0.05, 0) is 49.2 Å². The van der Waals surface area contributed by atoms with Crippen LogP contribution in [-0.2, 0) is 4.74 Å². The first-order valence-electron chi connectivity index (χ1n) is 8.62. The van der Waals surface area contributed by atoms with Gasteiger partial charge in [0.05, 0.1) is 18.8 Å². The first-order chi connectivity index (χ1) is 12.8. The van der Waals surface area contributed by atoms with Gasteiger partial charge in [0.2, 0.25) is 5.82 Å². The van der Waals surface area contributed by atoms with Crippen molar-refractivity contribution < 1.29 is 14.0 Å². The number of aromatic nitrogens is 3. The Kier molecular flexibility index (Phi) is 4.79. The van der Waals surface area contributed by atoms with Gasteiger partial charge in [-0.2, -0.15) is 4.98 Å². The molecule has 0 spiro atoms. The third-order valence-electron chi connectivity index (χ3n) is 4.32. The van der Waals surface area contributed by atoms with Crippen LogP contribution in [0.4, 0.5) is 5.82 Å². The minimum absolute atomic E-state index is 0.277. The molecular weight excluding hydrogens is 332 g/mol. The molecule has 0 radical (unpaired) electrons. The summed E-state index contributed by atoms with van der Waals surface area (Å²) in [5.74, 6) is 2.56.